The van der Waals surface area contributed by atoms with E-state index in [1.54, 1.807) is 0 Å². The standard InChI is InChI=1S/C18H22O/c1-14(2)4-7-16-8-12-18(13-9-16)19-17-10-5-15(3)6-11-17/h5-6,8-14H,4,7H2,1-3H3. The van der Waals surface area contributed by atoms with Crippen molar-refractivity contribution >= 4 is 0 Å². The van der Waals surface area contributed by atoms with Gasteiger partial charge in [-0.25, -0.2) is 0 Å². The van der Waals surface area contributed by atoms with Crippen molar-refractivity contribution in [1.82, 2.24) is 0 Å². The van der Waals surface area contributed by atoms with Gasteiger partial charge in [-0.1, -0.05) is 43.7 Å². The summed E-state index contributed by atoms with van der Waals surface area (Å²) in [6.07, 6.45) is 2.38. The Morgan fingerprint density at radius 3 is 1.89 bits per heavy atom. The molecule has 2 aromatic carbocycles. The highest BCUT2D eigenvalue weighted by Crippen LogP contribution is 2.22. The fourth-order valence-corrected chi connectivity index (χ4v) is 1.92. The SMILES string of the molecule is Cc1ccc(Oc2ccc(CCC(C)C)cc2)cc1. The molecule has 0 amide bonds. The van der Waals surface area contributed by atoms with Crippen LogP contribution < -0.4 is 4.74 Å². The number of benzene rings is 2. The molecule has 0 heterocycles. The van der Waals surface area contributed by atoms with Gasteiger partial charge in [0.15, 0.2) is 0 Å². The summed E-state index contributed by atoms with van der Waals surface area (Å²) in [5.74, 6) is 2.54. The van der Waals surface area contributed by atoms with E-state index < -0.39 is 0 Å². The van der Waals surface area contributed by atoms with Crippen LogP contribution in [0.4, 0.5) is 0 Å². The topological polar surface area (TPSA) is 9.23 Å². The molecule has 19 heavy (non-hydrogen) atoms. The molecule has 0 aromatic heterocycles. The summed E-state index contributed by atoms with van der Waals surface area (Å²) in [6, 6.07) is 16.5. The Hall–Kier alpha value is -1.76. The van der Waals surface area contributed by atoms with Crippen molar-refractivity contribution in [2.75, 3.05) is 0 Å². The lowest BCUT2D eigenvalue weighted by atomic mass is 10.0. The molecule has 0 bridgehead atoms. The summed E-state index contributed by atoms with van der Waals surface area (Å²) in [7, 11) is 0. The molecule has 1 nitrogen and oxygen atoms in total. The molecule has 0 aliphatic carbocycles. The van der Waals surface area contributed by atoms with Crippen LogP contribution in [-0.2, 0) is 6.42 Å². The maximum Gasteiger partial charge on any atom is 0.127 e. The summed E-state index contributed by atoms with van der Waals surface area (Å²) in [4.78, 5) is 0. The first kappa shape index (κ1) is 13.7. The smallest absolute Gasteiger partial charge is 0.127 e. The van der Waals surface area contributed by atoms with Gasteiger partial charge in [-0.15, -0.1) is 0 Å². The Labute approximate surface area is 116 Å². The van der Waals surface area contributed by atoms with E-state index in [9.17, 15) is 0 Å². The second kappa shape index (κ2) is 6.42. The summed E-state index contributed by atoms with van der Waals surface area (Å²) < 4.78 is 5.81. The fourth-order valence-electron chi connectivity index (χ4n) is 1.92. The van der Waals surface area contributed by atoms with Crippen LogP contribution in [0.1, 0.15) is 31.4 Å². The van der Waals surface area contributed by atoms with Crippen LogP contribution in [0.15, 0.2) is 48.5 Å². The molecule has 1 heteroatoms. The third-order valence-corrected chi connectivity index (χ3v) is 3.19. The van der Waals surface area contributed by atoms with Gasteiger partial charge in [0.1, 0.15) is 11.5 Å². The Kier molecular flexibility index (Phi) is 4.62. The molecular formula is C18H22O. The molecular weight excluding hydrogens is 232 g/mol. The molecule has 0 N–H and O–H groups in total. The first-order chi connectivity index (χ1) is 9.13. The van der Waals surface area contributed by atoms with Crippen molar-refractivity contribution < 1.29 is 4.74 Å². The van der Waals surface area contributed by atoms with Gasteiger partial charge in [0.2, 0.25) is 0 Å². The van der Waals surface area contributed by atoms with Crippen molar-refractivity contribution in [3.8, 4) is 11.5 Å². The number of ether oxygens (including phenoxy) is 1. The number of rotatable bonds is 5. The van der Waals surface area contributed by atoms with Gasteiger partial charge in [0.25, 0.3) is 0 Å². The summed E-state index contributed by atoms with van der Waals surface area (Å²) in [6.45, 7) is 6.59. The Bertz CT molecular complexity index is 494. The highest BCUT2D eigenvalue weighted by molar-refractivity contribution is 5.34. The summed E-state index contributed by atoms with van der Waals surface area (Å²) in [5, 5.41) is 0. The zero-order valence-electron chi connectivity index (χ0n) is 12.0. The van der Waals surface area contributed by atoms with Crippen LogP contribution in [-0.4, -0.2) is 0 Å². The fraction of sp³-hybridized carbons (Fsp3) is 0.333. The molecule has 0 atom stereocenters. The molecule has 0 unspecified atom stereocenters. The maximum absolute atomic E-state index is 5.81. The number of hydrogen-bond acceptors (Lipinski definition) is 1. The van der Waals surface area contributed by atoms with Crippen LogP contribution in [0.5, 0.6) is 11.5 Å². The third-order valence-electron chi connectivity index (χ3n) is 3.19. The lowest BCUT2D eigenvalue weighted by Gasteiger charge is -2.08. The van der Waals surface area contributed by atoms with Crippen LogP contribution in [0.3, 0.4) is 0 Å². The molecule has 2 aromatic rings. The van der Waals surface area contributed by atoms with E-state index in [1.165, 1.54) is 17.5 Å². The van der Waals surface area contributed by atoms with Crippen molar-refractivity contribution in [2.24, 2.45) is 5.92 Å². The van der Waals surface area contributed by atoms with E-state index in [0.29, 0.717) is 0 Å². The van der Waals surface area contributed by atoms with E-state index in [1.807, 2.05) is 12.1 Å². The predicted octanol–water partition coefficient (Wildman–Crippen LogP) is 5.38. The molecule has 0 saturated heterocycles. The van der Waals surface area contributed by atoms with E-state index in [2.05, 4.69) is 57.2 Å². The molecule has 0 radical (unpaired) electrons. The summed E-state index contributed by atoms with van der Waals surface area (Å²) >= 11 is 0. The van der Waals surface area contributed by atoms with Gasteiger partial charge < -0.3 is 4.74 Å². The monoisotopic (exact) mass is 254 g/mol. The van der Waals surface area contributed by atoms with Gasteiger partial charge in [0, 0.05) is 0 Å². The Balaban J connectivity index is 1.96. The minimum absolute atomic E-state index is 0.753. The van der Waals surface area contributed by atoms with Gasteiger partial charge in [-0.3, -0.25) is 0 Å². The van der Waals surface area contributed by atoms with Crippen molar-refractivity contribution in [2.45, 2.75) is 33.6 Å². The van der Waals surface area contributed by atoms with E-state index in [0.717, 1.165) is 23.8 Å². The minimum Gasteiger partial charge on any atom is -0.457 e. The highest BCUT2D eigenvalue weighted by Gasteiger charge is 1.99. The van der Waals surface area contributed by atoms with Crippen LogP contribution >= 0.6 is 0 Å². The molecule has 0 aliphatic heterocycles. The first-order valence-electron chi connectivity index (χ1n) is 6.97. The van der Waals surface area contributed by atoms with Crippen molar-refractivity contribution in [3.05, 3.63) is 59.7 Å². The third kappa shape index (κ3) is 4.44. The molecule has 0 saturated carbocycles. The second-order valence-corrected chi connectivity index (χ2v) is 5.49. The predicted molar refractivity (Wildman–Crippen MR) is 80.9 cm³/mol. The van der Waals surface area contributed by atoms with E-state index in [-0.39, 0.29) is 0 Å². The lowest BCUT2D eigenvalue weighted by molar-refractivity contribution is 0.482. The molecule has 0 fully saturated rings. The molecule has 0 spiro atoms. The largest absolute Gasteiger partial charge is 0.457 e. The first-order valence-corrected chi connectivity index (χ1v) is 6.97. The zero-order chi connectivity index (χ0) is 13.7. The minimum atomic E-state index is 0.753. The molecule has 0 aliphatic rings. The zero-order valence-corrected chi connectivity index (χ0v) is 12.0. The molecule has 100 valence electrons. The molecule has 2 rings (SSSR count). The van der Waals surface area contributed by atoms with E-state index in [4.69, 9.17) is 4.74 Å². The summed E-state index contributed by atoms with van der Waals surface area (Å²) in [5.41, 5.74) is 2.63. The van der Waals surface area contributed by atoms with Gasteiger partial charge >= 0.3 is 0 Å². The van der Waals surface area contributed by atoms with Gasteiger partial charge in [0.05, 0.1) is 0 Å². The van der Waals surface area contributed by atoms with E-state index >= 15 is 0 Å². The average molecular weight is 254 g/mol. The second-order valence-electron chi connectivity index (χ2n) is 5.49. The van der Waals surface area contributed by atoms with Crippen LogP contribution in [0.2, 0.25) is 0 Å². The Morgan fingerprint density at radius 2 is 1.37 bits per heavy atom. The number of aryl methyl sites for hydroxylation is 2. The normalized spacial score (nSPS) is 10.7. The van der Waals surface area contributed by atoms with Crippen molar-refractivity contribution in [3.63, 3.8) is 0 Å². The quantitative estimate of drug-likeness (QED) is 0.696. The van der Waals surface area contributed by atoms with Crippen molar-refractivity contribution in [1.29, 1.82) is 0 Å². The van der Waals surface area contributed by atoms with Gasteiger partial charge in [-0.2, -0.15) is 0 Å². The highest BCUT2D eigenvalue weighted by atomic mass is 16.5. The van der Waals surface area contributed by atoms with Crippen LogP contribution in [0, 0.1) is 12.8 Å². The van der Waals surface area contributed by atoms with Gasteiger partial charge in [-0.05, 0) is 55.5 Å². The number of hydrogen-bond donors (Lipinski definition) is 0. The van der Waals surface area contributed by atoms with Crippen LogP contribution in [0.25, 0.3) is 0 Å². The Morgan fingerprint density at radius 1 is 0.842 bits per heavy atom. The lowest BCUT2D eigenvalue weighted by Crippen LogP contribution is -1.92. The maximum atomic E-state index is 5.81. The average Bonchev–Trinajstić information content (AvgIpc) is 2.40.